The fourth-order valence-electron chi connectivity index (χ4n) is 4.81. The zero-order chi connectivity index (χ0) is 18.1. The van der Waals surface area contributed by atoms with Crippen LogP contribution in [0.1, 0.15) is 32.1 Å². The summed E-state index contributed by atoms with van der Waals surface area (Å²) in [5.74, 6) is 1.72. The van der Waals surface area contributed by atoms with Crippen LogP contribution in [0.5, 0.6) is 0 Å². The number of hydroxylamine groups is 3. The average molecular weight is 358 g/mol. The molecule has 0 radical (unpaired) electrons. The Morgan fingerprint density at radius 3 is 3.08 bits per heavy atom. The normalized spacial score (nSPS) is 36.9. The molecule has 2 N–H and O–H groups in total. The van der Waals surface area contributed by atoms with Gasteiger partial charge in [-0.2, -0.15) is 4.79 Å². The zero-order valence-electron chi connectivity index (χ0n) is 14.4. The molecule has 5 rings (SSSR count). The second kappa shape index (κ2) is 5.02. The van der Waals surface area contributed by atoms with Gasteiger partial charge in [-0.25, -0.2) is 0 Å². The Kier molecular flexibility index (Phi) is 3.04. The van der Waals surface area contributed by atoms with Crippen LogP contribution in [0.15, 0.2) is 58.7 Å². The Bertz CT molecular complexity index is 878. The van der Waals surface area contributed by atoms with Gasteiger partial charge in [-0.1, -0.05) is 0 Å². The van der Waals surface area contributed by atoms with Crippen LogP contribution in [0.4, 0.5) is 4.79 Å². The number of rotatable bonds is 1. The number of quaternary nitrogens is 1. The smallest absolute Gasteiger partial charge is 0.488 e. The molecular weight excluding hydrogens is 338 g/mol. The van der Waals surface area contributed by atoms with E-state index in [1.165, 1.54) is 13.4 Å². The van der Waals surface area contributed by atoms with Gasteiger partial charge in [0.05, 0.1) is 12.5 Å². The molecule has 0 aromatic carbocycles. The third-order valence-corrected chi connectivity index (χ3v) is 5.98. The molecule has 7 nitrogen and oxygen atoms in total. The number of carboxylic acid groups (broad SMARTS) is 1. The molecular formula is C19H20NO6+. The van der Waals surface area contributed by atoms with Crippen molar-refractivity contribution in [2.24, 2.45) is 5.41 Å². The molecule has 0 aromatic heterocycles. The van der Waals surface area contributed by atoms with Gasteiger partial charge < -0.3 is 19.7 Å². The van der Waals surface area contributed by atoms with Crippen LogP contribution in [-0.2, 0) is 14.3 Å². The zero-order valence-corrected chi connectivity index (χ0v) is 14.4. The van der Waals surface area contributed by atoms with Gasteiger partial charge in [0.1, 0.15) is 17.6 Å². The fourth-order valence-corrected chi connectivity index (χ4v) is 4.81. The van der Waals surface area contributed by atoms with E-state index in [1.807, 2.05) is 6.08 Å². The number of aliphatic hydroxyl groups is 1. The van der Waals surface area contributed by atoms with Crippen molar-refractivity contribution >= 4 is 6.09 Å². The summed E-state index contributed by atoms with van der Waals surface area (Å²) in [7, 11) is 1.50. The van der Waals surface area contributed by atoms with Gasteiger partial charge >= 0.3 is 6.09 Å². The summed E-state index contributed by atoms with van der Waals surface area (Å²) in [6.07, 6.45) is 8.70. The maximum atomic E-state index is 12.2. The SMILES string of the molecule is COC1=CO[N@+]2(C(=O)O)C=CC34CCCC=C3OC3=C4C(=C12)CC[C@H]3O. The predicted molar refractivity (Wildman–Crippen MR) is 88.3 cm³/mol. The van der Waals surface area contributed by atoms with Crippen molar-refractivity contribution in [2.75, 3.05) is 7.11 Å². The van der Waals surface area contributed by atoms with Crippen LogP contribution < -0.4 is 0 Å². The molecule has 26 heavy (non-hydrogen) atoms. The van der Waals surface area contributed by atoms with Gasteiger partial charge in [0.25, 0.3) is 0 Å². The summed E-state index contributed by atoms with van der Waals surface area (Å²) in [6, 6.07) is 0. The molecule has 0 aromatic rings. The Labute approximate surface area is 150 Å². The van der Waals surface area contributed by atoms with E-state index in [4.69, 9.17) is 14.3 Å². The number of amides is 1. The fraction of sp³-hybridized carbons (Fsp3) is 0.421. The van der Waals surface area contributed by atoms with Crippen molar-refractivity contribution in [2.45, 2.75) is 38.2 Å². The largest absolute Gasteiger partial charge is 0.567 e. The minimum absolute atomic E-state index is 0.389. The number of hydrogen-bond donors (Lipinski definition) is 2. The lowest BCUT2D eigenvalue weighted by Crippen LogP contribution is -2.43. The summed E-state index contributed by atoms with van der Waals surface area (Å²) in [4.78, 5) is 17.8. The number of aliphatic hydroxyl groups excluding tert-OH is 1. The number of methoxy groups -OCH3 is 1. The number of ether oxygens (including phenoxy) is 2. The van der Waals surface area contributed by atoms with Crippen LogP contribution in [0, 0.1) is 5.41 Å². The topological polar surface area (TPSA) is 85.2 Å². The number of allylic oxidation sites excluding steroid dienone is 3. The number of nitrogens with zero attached hydrogens (tertiary/aromatic N) is 1. The quantitative estimate of drug-likeness (QED) is 0.700. The van der Waals surface area contributed by atoms with E-state index in [1.54, 1.807) is 6.20 Å². The third-order valence-electron chi connectivity index (χ3n) is 5.98. The number of hydrogen-bond acceptors (Lipinski definition) is 5. The van der Waals surface area contributed by atoms with Crippen molar-refractivity contribution in [3.05, 3.63) is 58.7 Å². The van der Waals surface area contributed by atoms with E-state index in [9.17, 15) is 15.0 Å². The second-order valence-corrected chi connectivity index (χ2v) is 7.20. The molecule has 0 saturated heterocycles. The van der Waals surface area contributed by atoms with Gasteiger partial charge in [-0.3, -0.25) is 4.84 Å². The number of carbonyl (C=O) groups is 1. The Balaban J connectivity index is 1.87. The lowest BCUT2D eigenvalue weighted by molar-refractivity contribution is -0.954. The van der Waals surface area contributed by atoms with Crippen molar-refractivity contribution in [3.63, 3.8) is 0 Å². The molecule has 3 heterocycles. The molecule has 0 bridgehead atoms. The van der Waals surface area contributed by atoms with E-state index >= 15 is 0 Å². The standard InChI is InChI=1S/C19H19NO6/c1-24-13-10-25-20(18(22)23)9-8-19-7-3-2-4-14(19)26-17-12(21)6-5-11(15(17)19)16(13)20/h4,8-10,12,21H,2-3,5-7H2,1H3/p+1/t12-,19?,20-/m1/s1. The Hall–Kier alpha value is -2.51. The molecule has 5 aliphatic rings. The van der Waals surface area contributed by atoms with Gasteiger partial charge in [-0.15, -0.1) is 0 Å². The molecule has 0 saturated carbocycles. The average Bonchev–Trinajstić information content (AvgIpc) is 3.15. The maximum Gasteiger partial charge on any atom is 0.567 e. The predicted octanol–water partition coefficient (Wildman–Crippen LogP) is 3.19. The molecule has 3 aliphatic heterocycles. The van der Waals surface area contributed by atoms with Gasteiger partial charge in [0.15, 0.2) is 6.20 Å². The molecule has 2 aliphatic carbocycles. The summed E-state index contributed by atoms with van der Waals surface area (Å²) < 4.78 is 10.8. The lowest BCUT2D eigenvalue weighted by atomic mass is 9.68. The highest BCUT2D eigenvalue weighted by atomic mass is 16.8. The molecule has 7 heteroatoms. The summed E-state index contributed by atoms with van der Waals surface area (Å²) in [6.45, 7) is 0. The van der Waals surface area contributed by atoms with Crippen LogP contribution >= 0.6 is 0 Å². The van der Waals surface area contributed by atoms with Crippen LogP contribution in [-0.4, -0.2) is 34.2 Å². The Morgan fingerprint density at radius 2 is 2.31 bits per heavy atom. The first kappa shape index (κ1) is 15.7. The monoisotopic (exact) mass is 358 g/mol. The second-order valence-electron chi connectivity index (χ2n) is 7.20. The molecule has 1 unspecified atom stereocenters. The molecule has 1 amide bonds. The molecule has 136 valence electrons. The highest BCUT2D eigenvalue weighted by molar-refractivity contribution is 5.65. The van der Waals surface area contributed by atoms with Crippen molar-refractivity contribution in [1.82, 2.24) is 0 Å². The first-order valence-corrected chi connectivity index (χ1v) is 8.84. The summed E-state index contributed by atoms with van der Waals surface area (Å²) in [5, 5.41) is 20.6. The molecule has 3 atom stereocenters. The Morgan fingerprint density at radius 1 is 1.46 bits per heavy atom. The van der Waals surface area contributed by atoms with Crippen molar-refractivity contribution in [1.29, 1.82) is 0 Å². The molecule has 0 fully saturated rings. The minimum Gasteiger partial charge on any atom is -0.488 e. The van der Waals surface area contributed by atoms with E-state index in [2.05, 4.69) is 6.08 Å². The first-order chi connectivity index (χ1) is 12.5. The lowest BCUT2D eigenvalue weighted by Gasteiger charge is -2.31. The highest BCUT2D eigenvalue weighted by Gasteiger charge is 2.61. The van der Waals surface area contributed by atoms with E-state index in [0.717, 1.165) is 36.2 Å². The molecule has 1 spiro atoms. The summed E-state index contributed by atoms with van der Waals surface area (Å²) in [5.41, 5.74) is 1.66. The van der Waals surface area contributed by atoms with Crippen molar-refractivity contribution < 1.29 is 34.0 Å². The van der Waals surface area contributed by atoms with Crippen molar-refractivity contribution in [3.8, 4) is 0 Å². The van der Waals surface area contributed by atoms with E-state index in [0.29, 0.717) is 30.1 Å². The minimum atomic E-state index is -1.14. The van der Waals surface area contributed by atoms with Crippen LogP contribution in [0.2, 0.25) is 0 Å². The third kappa shape index (κ3) is 1.67. The number of fused-ring (bicyclic) bond motifs is 1. The van der Waals surface area contributed by atoms with E-state index in [-0.39, 0.29) is 0 Å². The summed E-state index contributed by atoms with van der Waals surface area (Å²) >= 11 is 0. The van der Waals surface area contributed by atoms with Crippen LogP contribution in [0.25, 0.3) is 0 Å². The van der Waals surface area contributed by atoms with Crippen LogP contribution in [0.3, 0.4) is 0 Å². The van der Waals surface area contributed by atoms with Gasteiger partial charge in [0, 0.05) is 15.8 Å². The highest BCUT2D eigenvalue weighted by Crippen LogP contribution is 2.61. The maximum absolute atomic E-state index is 12.2. The van der Waals surface area contributed by atoms with Gasteiger partial charge in [0.2, 0.25) is 17.7 Å². The van der Waals surface area contributed by atoms with Gasteiger partial charge in [-0.05, 0) is 44.3 Å². The first-order valence-electron chi connectivity index (χ1n) is 8.84. The van der Waals surface area contributed by atoms with E-state index < -0.39 is 22.3 Å².